The molecule has 1 aromatic heterocycles. The Kier molecular flexibility index (Phi) is 2.64. The van der Waals surface area contributed by atoms with Crippen molar-refractivity contribution >= 4 is 0 Å². The zero-order valence-corrected chi connectivity index (χ0v) is 10.1. The van der Waals surface area contributed by atoms with Gasteiger partial charge in [0.05, 0.1) is 5.56 Å². The minimum absolute atomic E-state index is 0.278. The number of nitrogens with one attached hydrogen (secondary N) is 2. The van der Waals surface area contributed by atoms with Crippen LogP contribution in [-0.2, 0) is 0 Å². The van der Waals surface area contributed by atoms with Gasteiger partial charge in [0, 0.05) is 17.8 Å². The van der Waals surface area contributed by atoms with Gasteiger partial charge in [-0.05, 0) is 37.5 Å². The molecule has 98 valence electrons. The van der Waals surface area contributed by atoms with E-state index in [1.165, 1.54) is 0 Å². The van der Waals surface area contributed by atoms with Gasteiger partial charge in [-0.3, -0.25) is 9.78 Å². The van der Waals surface area contributed by atoms with E-state index in [0.717, 1.165) is 25.7 Å². The smallest absolute Gasteiger partial charge is 0.323 e. The van der Waals surface area contributed by atoms with Gasteiger partial charge < -0.3 is 16.5 Å². The summed E-state index contributed by atoms with van der Waals surface area (Å²) in [6, 6.07) is -0.592. The summed E-state index contributed by atoms with van der Waals surface area (Å²) in [7, 11) is 0. The Bertz CT molecular complexity index is 568. The van der Waals surface area contributed by atoms with Crippen LogP contribution in [0.25, 0.3) is 0 Å². The molecular formula is C12H18N4O2. The number of hydrogen-bond acceptors (Lipinski definition) is 4. The Hall–Kier alpha value is -1.40. The van der Waals surface area contributed by atoms with E-state index in [1.54, 1.807) is 0 Å². The molecule has 1 aromatic rings. The van der Waals surface area contributed by atoms with Gasteiger partial charge in [-0.15, -0.1) is 0 Å². The molecule has 0 saturated heterocycles. The SMILES string of the molecule is NC(c1[nH]c(=O)[nH]c(=O)c1C(N)C1CC1)C1CC1. The molecule has 0 aliphatic heterocycles. The van der Waals surface area contributed by atoms with Crippen LogP contribution in [0.2, 0.25) is 0 Å². The molecule has 2 aliphatic rings. The first-order chi connectivity index (χ1) is 8.58. The first-order valence-corrected chi connectivity index (χ1v) is 6.45. The number of hydrogen-bond donors (Lipinski definition) is 4. The van der Waals surface area contributed by atoms with Crippen LogP contribution in [0.5, 0.6) is 0 Å². The van der Waals surface area contributed by atoms with Gasteiger partial charge in [0.25, 0.3) is 5.56 Å². The predicted octanol–water partition coefficient (Wildman–Crippen LogP) is -0.117. The summed E-state index contributed by atoms with van der Waals surface area (Å²) in [5.41, 5.74) is 12.4. The summed E-state index contributed by atoms with van der Waals surface area (Å²) in [5, 5.41) is 0. The first-order valence-electron chi connectivity index (χ1n) is 6.45. The van der Waals surface area contributed by atoms with Gasteiger partial charge >= 0.3 is 5.69 Å². The molecule has 6 heteroatoms. The van der Waals surface area contributed by atoms with Crippen LogP contribution in [0.1, 0.15) is 49.0 Å². The normalized spacial score (nSPS) is 22.8. The fraction of sp³-hybridized carbons (Fsp3) is 0.667. The van der Waals surface area contributed by atoms with E-state index < -0.39 is 5.69 Å². The molecule has 6 nitrogen and oxygen atoms in total. The molecule has 6 N–H and O–H groups in total. The number of nitrogens with two attached hydrogens (primary N) is 2. The first kappa shape index (κ1) is 11.7. The third-order valence-corrected chi connectivity index (χ3v) is 3.94. The van der Waals surface area contributed by atoms with Gasteiger partial charge in [-0.1, -0.05) is 0 Å². The van der Waals surface area contributed by atoms with Crippen LogP contribution in [0.15, 0.2) is 9.59 Å². The maximum absolute atomic E-state index is 12.0. The molecule has 0 amide bonds. The number of rotatable bonds is 4. The summed E-state index contributed by atoms with van der Waals surface area (Å²) in [4.78, 5) is 28.3. The quantitative estimate of drug-likeness (QED) is 0.596. The lowest BCUT2D eigenvalue weighted by atomic mass is 9.97. The fourth-order valence-corrected chi connectivity index (χ4v) is 2.49. The number of aromatic amines is 2. The highest BCUT2D eigenvalue weighted by Crippen LogP contribution is 2.43. The molecule has 2 saturated carbocycles. The van der Waals surface area contributed by atoms with E-state index in [4.69, 9.17) is 11.5 Å². The highest BCUT2D eigenvalue weighted by molar-refractivity contribution is 5.26. The Labute approximate surface area is 104 Å². The molecule has 3 rings (SSSR count). The molecule has 18 heavy (non-hydrogen) atoms. The molecule has 2 fully saturated rings. The van der Waals surface area contributed by atoms with Gasteiger partial charge in [-0.2, -0.15) is 0 Å². The standard InChI is InChI=1S/C12H18N4O2/c13-8(5-1-2-5)7-10(9(14)6-3-4-6)15-12(18)16-11(7)17/h5-6,8-9H,1-4,13-14H2,(H2,15,16,17,18). The van der Waals surface area contributed by atoms with Crippen molar-refractivity contribution in [1.29, 1.82) is 0 Å². The predicted molar refractivity (Wildman–Crippen MR) is 67.0 cm³/mol. The minimum Gasteiger partial charge on any atom is -0.323 e. The van der Waals surface area contributed by atoms with Crippen molar-refractivity contribution in [2.24, 2.45) is 23.3 Å². The maximum Gasteiger partial charge on any atom is 0.325 e. The van der Waals surface area contributed by atoms with Gasteiger partial charge in [-0.25, -0.2) is 4.79 Å². The van der Waals surface area contributed by atoms with Crippen LogP contribution < -0.4 is 22.7 Å². The molecule has 2 aliphatic carbocycles. The lowest BCUT2D eigenvalue weighted by molar-refractivity contribution is 0.557. The van der Waals surface area contributed by atoms with Crippen molar-refractivity contribution < 1.29 is 0 Å². The highest BCUT2D eigenvalue weighted by atomic mass is 16.2. The second-order valence-electron chi connectivity index (χ2n) is 5.46. The zero-order valence-electron chi connectivity index (χ0n) is 10.1. The van der Waals surface area contributed by atoms with Crippen LogP contribution >= 0.6 is 0 Å². The molecule has 2 atom stereocenters. The van der Waals surface area contributed by atoms with E-state index in [2.05, 4.69) is 9.97 Å². The van der Waals surface area contributed by atoms with E-state index in [0.29, 0.717) is 23.1 Å². The average molecular weight is 250 g/mol. The van der Waals surface area contributed by atoms with E-state index in [-0.39, 0.29) is 17.6 Å². The summed E-state index contributed by atoms with van der Waals surface area (Å²) < 4.78 is 0. The van der Waals surface area contributed by atoms with Crippen molar-refractivity contribution in [3.05, 3.63) is 32.1 Å². The van der Waals surface area contributed by atoms with E-state index in [9.17, 15) is 9.59 Å². The Morgan fingerprint density at radius 2 is 1.50 bits per heavy atom. The van der Waals surface area contributed by atoms with Crippen LogP contribution in [0, 0.1) is 11.8 Å². The van der Waals surface area contributed by atoms with Crippen molar-refractivity contribution in [3.63, 3.8) is 0 Å². The van der Waals surface area contributed by atoms with Crippen LogP contribution in [-0.4, -0.2) is 9.97 Å². The molecule has 0 bridgehead atoms. The summed E-state index contributed by atoms with van der Waals surface area (Å²) >= 11 is 0. The Morgan fingerprint density at radius 1 is 0.944 bits per heavy atom. The zero-order chi connectivity index (χ0) is 12.9. The van der Waals surface area contributed by atoms with Crippen molar-refractivity contribution in [2.45, 2.75) is 37.8 Å². The largest absolute Gasteiger partial charge is 0.325 e. The Balaban J connectivity index is 2.08. The molecule has 2 unspecified atom stereocenters. The molecular weight excluding hydrogens is 232 g/mol. The van der Waals surface area contributed by atoms with Crippen LogP contribution in [0.4, 0.5) is 0 Å². The van der Waals surface area contributed by atoms with Crippen molar-refractivity contribution in [1.82, 2.24) is 9.97 Å². The molecule has 1 heterocycles. The second-order valence-corrected chi connectivity index (χ2v) is 5.46. The van der Waals surface area contributed by atoms with Gasteiger partial charge in [0.2, 0.25) is 0 Å². The summed E-state index contributed by atoms with van der Waals surface area (Å²) in [6.07, 6.45) is 4.18. The topological polar surface area (TPSA) is 118 Å². The fourth-order valence-electron chi connectivity index (χ4n) is 2.49. The summed E-state index contributed by atoms with van der Waals surface area (Å²) in [5.74, 6) is 0.717. The van der Waals surface area contributed by atoms with E-state index >= 15 is 0 Å². The van der Waals surface area contributed by atoms with Crippen LogP contribution in [0.3, 0.4) is 0 Å². The van der Waals surface area contributed by atoms with Gasteiger partial charge in [0.1, 0.15) is 0 Å². The maximum atomic E-state index is 12.0. The highest BCUT2D eigenvalue weighted by Gasteiger charge is 2.37. The molecule has 0 aromatic carbocycles. The lowest BCUT2D eigenvalue weighted by Gasteiger charge is -2.18. The van der Waals surface area contributed by atoms with Crippen molar-refractivity contribution in [3.8, 4) is 0 Å². The Morgan fingerprint density at radius 3 is 2.06 bits per heavy atom. The molecule has 0 spiro atoms. The number of H-pyrrole nitrogens is 2. The monoisotopic (exact) mass is 250 g/mol. The lowest BCUT2D eigenvalue weighted by Crippen LogP contribution is -2.35. The van der Waals surface area contributed by atoms with Crippen molar-refractivity contribution in [2.75, 3.05) is 0 Å². The third-order valence-electron chi connectivity index (χ3n) is 3.94. The minimum atomic E-state index is -0.502. The summed E-state index contributed by atoms with van der Waals surface area (Å²) in [6.45, 7) is 0. The number of aromatic nitrogens is 2. The van der Waals surface area contributed by atoms with Gasteiger partial charge in [0.15, 0.2) is 0 Å². The average Bonchev–Trinajstić information content (AvgIpc) is 3.17. The molecule has 0 radical (unpaired) electrons. The third kappa shape index (κ3) is 2.02. The van der Waals surface area contributed by atoms with E-state index in [1.807, 2.05) is 0 Å². The second kappa shape index (κ2) is 4.07.